The van der Waals surface area contributed by atoms with E-state index in [0.29, 0.717) is 11.3 Å². The van der Waals surface area contributed by atoms with Crippen LogP contribution in [0, 0.1) is 40.4 Å². The van der Waals surface area contributed by atoms with Crippen molar-refractivity contribution in [2.75, 3.05) is 77.7 Å². The van der Waals surface area contributed by atoms with E-state index in [0.717, 1.165) is 0 Å². The number of aliphatic carboxylic acids is 4. The van der Waals surface area contributed by atoms with Gasteiger partial charge in [-0.25, -0.2) is 0 Å². The van der Waals surface area contributed by atoms with Gasteiger partial charge in [0.1, 0.15) is 0 Å². The van der Waals surface area contributed by atoms with Crippen LogP contribution in [0.2, 0.25) is 0 Å². The third-order valence-electron chi connectivity index (χ3n) is 5.78. The minimum Gasteiger partial charge on any atom is -0.549 e. The average molecular weight is 643 g/mol. The molecule has 0 spiro atoms. The van der Waals surface area contributed by atoms with Crippen molar-refractivity contribution in [1.82, 2.24) is 19.6 Å². The number of nitrogen functional groups attached to an aromatic ring is 1. The molecule has 1 saturated heterocycles. The van der Waals surface area contributed by atoms with Crippen LogP contribution < -0.4 is 21.1 Å². The van der Waals surface area contributed by atoms with Gasteiger partial charge < -0.3 is 40.5 Å². The summed E-state index contributed by atoms with van der Waals surface area (Å²) in [5.74, 6) is -5.07. The molecule has 2 rings (SSSR count). The van der Waals surface area contributed by atoms with Crippen LogP contribution in [-0.4, -0.2) is 121 Å². The molecule has 1 atom stereocenters. The first-order valence-electron chi connectivity index (χ1n) is 11.1. The fourth-order valence-corrected chi connectivity index (χ4v) is 4.02. The zero-order chi connectivity index (χ0) is 26.0. The van der Waals surface area contributed by atoms with Gasteiger partial charge in [0.05, 0.1) is 30.5 Å². The van der Waals surface area contributed by atoms with Crippen LogP contribution in [0.1, 0.15) is 11.6 Å². The van der Waals surface area contributed by atoms with E-state index in [2.05, 4.69) is 0 Å². The molecule has 1 fully saturated rings. The standard InChI is InChI=1S/C22H33N5O8.Sm/c23-17-3-1-16(2-4-17)21(22(34)35)27-11-9-25(14-19(30)31)7-5-24(13-18(28)29)6-8-26(10-12-27)15-20(32)33;/h1-4,21H,5-15,23H2,(H,28,29)(H,30,31)(H,32,33)(H,34,35);/q;+3/p-3. The van der Waals surface area contributed by atoms with Gasteiger partial charge in [0.15, 0.2) is 0 Å². The van der Waals surface area contributed by atoms with Crippen LogP contribution >= 0.6 is 0 Å². The van der Waals surface area contributed by atoms with Crippen molar-refractivity contribution in [2.45, 2.75) is 6.04 Å². The van der Waals surface area contributed by atoms with E-state index in [1.807, 2.05) is 0 Å². The Morgan fingerprint density at radius 3 is 1.50 bits per heavy atom. The van der Waals surface area contributed by atoms with Gasteiger partial charge in [0.2, 0.25) is 0 Å². The van der Waals surface area contributed by atoms with Crippen molar-refractivity contribution < 1.29 is 80.0 Å². The maximum Gasteiger partial charge on any atom is 3.00 e. The number of carboxylic acids is 4. The quantitative estimate of drug-likeness (QED) is 0.243. The summed E-state index contributed by atoms with van der Waals surface area (Å²) in [5, 5.41) is 43.8. The first-order valence-corrected chi connectivity index (χ1v) is 11.1. The van der Waals surface area contributed by atoms with Crippen molar-refractivity contribution in [3.63, 3.8) is 0 Å². The van der Waals surface area contributed by atoms with Crippen LogP contribution in [0.5, 0.6) is 0 Å². The molecule has 1 unspecified atom stereocenters. The van der Waals surface area contributed by atoms with Gasteiger partial charge in [0.25, 0.3) is 0 Å². The smallest absolute Gasteiger partial charge is 0.549 e. The van der Waals surface area contributed by atoms with Gasteiger partial charge in [-0.1, -0.05) is 12.1 Å². The number of nitrogens with zero attached hydrogens (tertiary/aromatic N) is 4. The summed E-state index contributed by atoms with van der Waals surface area (Å²) in [4.78, 5) is 52.2. The number of carbonyl (C=O) groups excluding carboxylic acids is 3. The molecular formula is C22H30N5O8Sm. The summed E-state index contributed by atoms with van der Waals surface area (Å²) >= 11 is 0. The van der Waals surface area contributed by atoms with Crippen molar-refractivity contribution in [2.24, 2.45) is 0 Å². The molecule has 1 aliphatic heterocycles. The number of benzene rings is 1. The van der Waals surface area contributed by atoms with Crippen molar-refractivity contribution in [3.8, 4) is 0 Å². The molecule has 1 heterocycles. The summed E-state index contributed by atoms with van der Waals surface area (Å²) in [5.41, 5.74) is 6.59. The summed E-state index contributed by atoms with van der Waals surface area (Å²) in [6.45, 7) is 0.195. The normalized spacial score (nSPS) is 18.2. The molecule has 13 nitrogen and oxygen atoms in total. The number of anilines is 1. The second-order valence-electron chi connectivity index (χ2n) is 8.39. The number of rotatable bonds is 9. The molecular weight excluding hydrogens is 613 g/mol. The zero-order valence-corrected chi connectivity index (χ0v) is 22.4. The van der Waals surface area contributed by atoms with E-state index in [4.69, 9.17) is 5.73 Å². The van der Waals surface area contributed by atoms with Crippen LogP contribution in [0.4, 0.5) is 5.69 Å². The van der Waals surface area contributed by atoms with Crippen LogP contribution in [0.25, 0.3) is 0 Å². The van der Waals surface area contributed by atoms with Gasteiger partial charge in [-0.05, 0) is 17.7 Å². The zero-order valence-electron chi connectivity index (χ0n) is 19.7. The Labute approximate surface area is 241 Å². The predicted molar refractivity (Wildman–Crippen MR) is 117 cm³/mol. The Morgan fingerprint density at radius 1 is 0.750 bits per heavy atom. The van der Waals surface area contributed by atoms with Crippen molar-refractivity contribution in [1.29, 1.82) is 0 Å². The SMILES string of the molecule is Nc1ccc(C(C(=O)[O-])N2CCN(CC(=O)[O-])CCN(CC(=O)[O-])CCN(CC(=O)O)CC2)cc1.[Sm+3]. The van der Waals surface area contributed by atoms with E-state index in [9.17, 15) is 39.6 Å². The molecule has 1 aromatic carbocycles. The van der Waals surface area contributed by atoms with Gasteiger partial charge in [-0.2, -0.15) is 0 Å². The molecule has 0 aliphatic carbocycles. The molecule has 36 heavy (non-hydrogen) atoms. The molecule has 14 heteroatoms. The molecule has 0 bridgehead atoms. The van der Waals surface area contributed by atoms with Gasteiger partial charge >= 0.3 is 46.4 Å². The molecule has 0 amide bonds. The maximum atomic E-state index is 12.1. The number of carbonyl (C=O) groups is 4. The molecule has 1 aromatic rings. The molecule has 1 radical (unpaired) electrons. The first kappa shape index (κ1) is 32.1. The summed E-state index contributed by atoms with van der Waals surface area (Å²) in [6, 6.07) is 5.08. The number of hydrogen-bond acceptors (Lipinski definition) is 12. The number of carboxylic acid groups (broad SMARTS) is 4. The Hall–Kier alpha value is -1.92. The van der Waals surface area contributed by atoms with Crippen LogP contribution in [0.3, 0.4) is 0 Å². The topological polar surface area (TPSA) is 197 Å². The predicted octanol–water partition coefficient (Wildman–Crippen LogP) is -5.13. The van der Waals surface area contributed by atoms with E-state index >= 15 is 0 Å². The minimum atomic E-state index is -1.36. The summed E-state index contributed by atoms with van der Waals surface area (Å²) < 4.78 is 0. The Bertz CT molecular complexity index is 856. The largest absolute Gasteiger partial charge is 3.00 e. The van der Waals surface area contributed by atoms with Crippen molar-refractivity contribution >= 4 is 29.6 Å². The van der Waals surface area contributed by atoms with Crippen LogP contribution in [0.15, 0.2) is 24.3 Å². The molecule has 0 aromatic heterocycles. The second-order valence-corrected chi connectivity index (χ2v) is 8.39. The van der Waals surface area contributed by atoms with E-state index in [1.54, 1.807) is 39.0 Å². The Morgan fingerprint density at radius 2 is 1.14 bits per heavy atom. The van der Waals surface area contributed by atoms with E-state index in [-0.39, 0.29) is 99.3 Å². The van der Waals surface area contributed by atoms with Gasteiger partial charge in [-0.3, -0.25) is 24.4 Å². The fourth-order valence-electron chi connectivity index (χ4n) is 4.02. The first-order chi connectivity index (χ1) is 16.5. The molecule has 3 N–H and O–H groups in total. The number of nitrogens with two attached hydrogens (primary N) is 1. The van der Waals surface area contributed by atoms with Gasteiger partial charge in [0, 0.05) is 71.1 Å². The third-order valence-corrected chi connectivity index (χ3v) is 5.78. The Balaban J connectivity index is 0.00000648. The monoisotopic (exact) mass is 644 g/mol. The second kappa shape index (κ2) is 16.0. The number of hydrogen-bond donors (Lipinski definition) is 2. The molecule has 0 saturated carbocycles. The molecule has 1 aliphatic rings. The van der Waals surface area contributed by atoms with Gasteiger partial charge in [-0.15, -0.1) is 0 Å². The average Bonchev–Trinajstić information content (AvgIpc) is 2.75. The fraction of sp³-hybridized carbons (Fsp3) is 0.545. The third kappa shape index (κ3) is 11.4. The van der Waals surface area contributed by atoms with E-state index in [1.165, 1.54) is 4.90 Å². The Kier molecular flexibility index (Phi) is 14.3. The maximum absolute atomic E-state index is 12.1. The van der Waals surface area contributed by atoms with Crippen molar-refractivity contribution in [3.05, 3.63) is 29.8 Å². The van der Waals surface area contributed by atoms with Crippen LogP contribution in [-0.2, 0) is 19.2 Å². The molecule has 197 valence electrons. The minimum absolute atomic E-state index is 0. The summed E-state index contributed by atoms with van der Waals surface area (Å²) in [6.07, 6.45) is 0. The van der Waals surface area contributed by atoms with E-state index < -0.39 is 43.0 Å². The summed E-state index contributed by atoms with van der Waals surface area (Å²) in [7, 11) is 0.